The molecule has 6 aliphatic rings. The first kappa shape index (κ1) is 29.5. The van der Waals surface area contributed by atoms with Crippen LogP contribution < -0.4 is 0 Å². The fourth-order valence-electron chi connectivity index (χ4n) is 9.02. The summed E-state index contributed by atoms with van der Waals surface area (Å²) in [6.45, 7) is 5.51. The van der Waals surface area contributed by atoms with Crippen molar-refractivity contribution in [1.29, 1.82) is 0 Å². The second-order valence-electron chi connectivity index (χ2n) is 13.3. The zero-order valence-electron chi connectivity index (χ0n) is 23.7. The van der Waals surface area contributed by atoms with Crippen molar-refractivity contribution >= 4 is 28.6 Å². The first-order valence-corrected chi connectivity index (χ1v) is 17.2. The van der Waals surface area contributed by atoms with E-state index in [0.717, 1.165) is 70.4 Å². The van der Waals surface area contributed by atoms with E-state index in [9.17, 15) is 4.79 Å². The molecular weight excluding hydrogens is 595 g/mol. The van der Waals surface area contributed by atoms with Crippen LogP contribution in [0.25, 0.3) is 0 Å². The Morgan fingerprint density at radius 3 is 1.82 bits per heavy atom. The maximum absolute atomic E-state index is 11.4. The molecule has 4 saturated carbocycles. The SMILES string of the molecule is CCOC(=O)CCC[C@H]1CC[C@@]2(CCCC3(C2)OCCO3)C1.IC[C@H]1CC[C@@]2(CCCC3(C2)OCCO3)C1. The molecule has 0 aromatic rings. The molecule has 4 atom stereocenters. The van der Waals surface area contributed by atoms with Crippen LogP contribution in [0, 0.1) is 22.7 Å². The molecular formula is C31H51IO6. The van der Waals surface area contributed by atoms with Gasteiger partial charge in [-0.2, -0.15) is 0 Å². The molecule has 38 heavy (non-hydrogen) atoms. The first-order chi connectivity index (χ1) is 18.4. The highest BCUT2D eigenvalue weighted by atomic mass is 127. The lowest BCUT2D eigenvalue weighted by molar-refractivity contribution is -0.202. The van der Waals surface area contributed by atoms with Crippen molar-refractivity contribution in [2.75, 3.05) is 37.5 Å². The maximum atomic E-state index is 11.4. The van der Waals surface area contributed by atoms with E-state index in [4.69, 9.17) is 23.7 Å². The lowest BCUT2D eigenvalue weighted by Crippen LogP contribution is -2.41. The van der Waals surface area contributed by atoms with Crippen LogP contribution in [0.4, 0.5) is 0 Å². The van der Waals surface area contributed by atoms with E-state index in [1.165, 1.54) is 75.1 Å². The summed E-state index contributed by atoms with van der Waals surface area (Å²) in [4.78, 5) is 11.4. The molecule has 2 aliphatic heterocycles. The number of hydrogen-bond donors (Lipinski definition) is 0. The van der Waals surface area contributed by atoms with Gasteiger partial charge in [0, 0.05) is 36.5 Å². The topological polar surface area (TPSA) is 63.2 Å². The van der Waals surface area contributed by atoms with Crippen molar-refractivity contribution in [3.05, 3.63) is 0 Å². The Morgan fingerprint density at radius 2 is 1.32 bits per heavy atom. The number of hydrogen-bond acceptors (Lipinski definition) is 6. The largest absolute Gasteiger partial charge is 0.466 e. The minimum Gasteiger partial charge on any atom is -0.466 e. The van der Waals surface area contributed by atoms with Crippen LogP contribution in [0.1, 0.15) is 116 Å². The zero-order chi connectivity index (χ0) is 26.5. The van der Waals surface area contributed by atoms with E-state index in [1.54, 1.807) is 0 Å². The summed E-state index contributed by atoms with van der Waals surface area (Å²) in [7, 11) is 0. The van der Waals surface area contributed by atoms with Gasteiger partial charge in [0.25, 0.3) is 0 Å². The van der Waals surface area contributed by atoms with E-state index >= 15 is 0 Å². The van der Waals surface area contributed by atoms with E-state index in [0.29, 0.717) is 23.9 Å². The summed E-state index contributed by atoms with van der Waals surface area (Å²) in [5.74, 6) is 1.26. The molecule has 4 spiro atoms. The van der Waals surface area contributed by atoms with Crippen LogP contribution >= 0.6 is 22.6 Å². The van der Waals surface area contributed by atoms with Crippen molar-refractivity contribution in [3.63, 3.8) is 0 Å². The van der Waals surface area contributed by atoms with Crippen molar-refractivity contribution in [2.24, 2.45) is 22.7 Å². The number of carbonyl (C=O) groups excluding carboxylic acids is 1. The zero-order valence-corrected chi connectivity index (χ0v) is 25.9. The minimum absolute atomic E-state index is 0.0421. The summed E-state index contributed by atoms with van der Waals surface area (Å²) in [6.07, 6.45) is 20.6. The fourth-order valence-corrected chi connectivity index (χ4v) is 9.78. The van der Waals surface area contributed by atoms with Crippen molar-refractivity contribution < 1.29 is 28.5 Å². The molecule has 6 nitrogen and oxygen atoms in total. The lowest BCUT2D eigenvalue weighted by atomic mass is 9.69. The molecule has 0 radical (unpaired) electrons. The third-order valence-electron chi connectivity index (χ3n) is 10.6. The Bertz CT molecular complexity index is 778. The van der Waals surface area contributed by atoms with Crippen LogP contribution in [0.2, 0.25) is 0 Å². The summed E-state index contributed by atoms with van der Waals surface area (Å²) in [6, 6.07) is 0. The molecule has 0 aromatic heterocycles. The second-order valence-corrected chi connectivity index (χ2v) is 14.2. The van der Waals surface area contributed by atoms with Crippen LogP contribution in [-0.2, 0) is 28.5 Å². The van der Waals surface area contributed by atoms with E-state index in [1.807, 2.05) is 6.92 Å². The number of carbonyl (C=O) groups is 1. The third-order valence-corrected chi connectivity index (χ3v) is 11.8. The molecule has 7 heteroatoms. The molecule has 2 heterocycles. The maximum Gasteiger partial charge on any atom is 0.305 e. The number of alkyl halides is 1. The minimum atomic E-state index is -0.252. The molecule has 0 aromatic carbocycles. The van der Waals surface area contributed by atoms with Gasteiger partial charge >= 0.3 is 5.97 Å². The summed E-state index contributed by atoms with van der Waals surface area (Å²) >= 11 is 2.55. The lowest BCUT2D eigenvalue weighted by Gasteiger charge is -2.43. The normalized spacial score (nSPS) is 37.2. The van der Waals surface area contributed by atoms with E-state index in [2.05, 4.69) is 22.6 Å². The van der Waals surface area contributed by atoms with Gasteiger partial charge in [0.2, 0.25) is 0 Å². The van der Waals surface area contributed by atoms with Crippen LogP contribution in [-0.4, -0.2) is 55.0 Å². The van der Waals surface area contributed by atoms with Gasteiger partial charge in [0.05, 0.1) is 33.0 Å². The third kappa shape index (κ3) is 7.08. The molecule has 0 N–H and O–H groups in total. The Morgan fingerprint density at radius 1 is 0.789 bits per heavy atom. The number of ether oxygens (including phenoxy) is 5. The summed E-state index contributed by atoms with van der Waals surface area (Å²) in [5.41, 5.74) is 1.01. The van der Waals surface area contributed by atoms with Gasteiger partial charge in [0.1, 0.15) is 0 Å². The molecule has 0 amide bonds. The molecule has 218 valence electrons. The van der Waals surface area contributed by atoms with E-state index < -0.39 is 0 Å². The first-order valence-electron chi connectivity index (χ1n) is 15.7. The highest BCUT2D eigenvalue weighted by molar-refractivity contribution is 14.1. The van der Waals surface area contributed by atoms with Gasteiger partial charge in [-0.3, -0.25) is 4.79 Å². The Labute approximate surface area is 244 Å². The molecule has 0 bridgehead atoms. The van der Waals surface area contributed by atoms with Crippen molar-refractivity contribution in [2.45, 2.75) is 128 Å². The Balaban J connectivity index is 0.000000162. The number of esters is 1. The molecule has 2 saturated heterocycles. The van der Waals surface area contributed by atoms with Gasteiger partial charge in [-0.1, -0.05) is 22.6 Å². The Kier molecular flexibility index (Phi) is 10.0. The van der Waals surface area contributed by atoms with Crippen LogP contribution in [0.5, 0.6) is 0 Å². The summed E-state index contributed by atoms with van der Waals surface area (Å²) < 4.78 is 30.1. The highest BCUT2D eigenvalue weighted by Crippen LogP contribution is 2.57. The second kappa shape index (κ2) is 12.9. The highest BCUT2D eigenvalue weighted by Gasteiger charge is 2.52. The average molecular weight is 647 g/mol. The van der Waals surface area contributed by atoms with Gasteiger partial charge in [-0.15, -0.1) is 0 Å². The quantitative estimate of drug-likeness (QED) is 0.171. The van der Waals surface area contributed by atoms with Crippen LogP contribution in [0.3, 0.4) is 0 Å². The molecule has 4 aliphatic carbocycles. The predicted molar refractivity (Wildman–Crippen MR) is 155 cm³/mol. The molecule has 6 rings (SSSR count). The predicted octanol–water partition coefficient (Wildman–Crippen LogP) is 7.35. The van der Waals surface area contributed by atoms with E-state index in [-0.39, 0.29) is 17.5 Å². The standard InChI is InChI=1S/C18H30O4.C13H21IO2/c1-2-20-16(19)6-3-5-15-7-10-17(13-15)8-4-9-18(14-17)21-11-12-22-18;14-9-11-2-5-12(8-11)3-1-4-13(10-12)15-6-7-16-13/h15H,2-14H2,1H3;11H,1-10H2/t15-,17-;11-,12-/m00/s1. The van der Waals surface area contributed by atoms with Crippen molar-refractivity contribution in [1.82, 2.24) is 0 Å². The molecule has 0 unspecified atom stereocenters. The number of halogens is 1. The van der Waals surface area contributed by atoms with Crippen LogP contribution in [0.15, 0.2) is 0 Å². The number of rotatable bonds is 6. The van der Waals surface area contributed by atoms with Crippen molar-refractivity contribution in [3.8, 4) is 0 Å². The smallest absolute Gasteiger partial charge is 0.305 e. The molecule has 6 fully saturated rings. The fraction of sp³-hybridized carbons (Fsp3) is 0.968. The Hall–Kier alpha value is 0.0400. The van der Waals surface area contributed by atoms with Gasteiger partial charge < -0.3 is 23.7 Å². The van der Waals surface area contributed by atoms with Gasteiger partial charge in [0.15, 0.2) is 11.6 Å². The monoisotopic (exact) mass is 646 g/mol. The van der Waals surface area contributed by atoms with Gasteiger partial charge in [-0.05, 0) is 107 Å². The summed E-state index contributed by atoms with van der Waals surface area (Å²) in [5, 5.41) is 0. The van der Waals surface area contributed by atoms with Gasteiger partial charge in [-0.25, -0.2) is 0 Å². The average Bonchev–Trinajstić information content (AvgIpc) is 3.70.